The van der Waals surface area contributed by atoms with Gasteiger partial charge in [-0.25, -0.2) is 0 Å². The molecule has 0 bridgehead atoms. The van der Waals surface area contributed by atoms with Gasteiger partial charge < -0.3 is 19.9 Å². The van der Waals surface area contributed by atoms with E-state index in [0.29, 0.717) is 18.6 Å². The third kappa shape index (κ3) is 6.45. The molecule has 1 amide bonds. The molecule has 2 aromatic heterocycles. The molecule has 7 heteroatoms. The second-order valence-electron chi connectivity index (χ2n) is 9.77. The van der Waals surface area contributed by atoms with Crippen LogP contribution in [0.5, 0.6) is 5.75 Å². The lowest BCUT2D eigenvalue weighted by Crippen LogP contribution is -2.48. The Morgan fingerprint density at radius 3 is 2.47 bits per heavy atom. The number of benzene rings is 1. The predicted octanol–water partition coefficient (Wildman–Crippen LogP) is 5.45. The maximum Gasteiger partial charge on any atom is 0.251 e. The van der Waals surface area contributed by atoms with Gasteiger partial charge in [0.05, 0.1) is 7.11 Å². The highest BCUT2D eigenvalue weighted by Gasteiger charge is 2.27. The number of rotatable bonds is 10. The molecule has 1 saturated heterocycles. The molecule has 1 atom stereocenters. The number of anilines is 1. The van der Waals surface area contributed by atoms with E-state index in [-0.39, 0.29) is 5.91 Å². The molecular weight excluding hydrogens is 468 g/mol. The molecule has 1 fully saturated rings. The van der Waals surface area contributed by atoms with Gasteiger partial charge in [-0.2, -0.15) is 11.3 Å². The molecule has 0 spiro atoms. The van der Waals surface area contributed by atoms with E-state index in [4.69, 9.17) is 4.74 Å². The minimum atomic E-state index is 0.00173. The van der Waals surface area contributed by atoms with E-state index in [2.05, 4.69) is 68.1 Å². The van der Waals surface area contributed by atoms with Crippen molar-refractivity contribution in [3.63, 3.8) is 0 Å². The molecule has 1 aliphatic heterocycles. The van der Waals surface area contributed by atoms with Crippen molar-refractivity contribution >= 4 is 22.9 Å². The highest BCUT2D eigenvalue weighted by molar-refractivity contribution is 7.07. The van der Waals surface area contributed by atoms with Crippen LogP contribution in [-0.4, -0.2) is 54.6 Å². The van der Waals surface area contributed by atoms with E-state index >= 15 is 0 Å². The van der Waals surface area contributed by atoms with Gasteiger partial charge in [0, 0.05) is 61.9 Å². The first-order valence-corrected chi connectivity index (χ1v) is 13.8. The van der Waals surface area contributed by atoms with Crippen LogP contribution < -0.4 is 15.0 Å². The number of hydrogen-bond donors (Lipinski definition) is 1. The monoisotopic (exact) mass is 506 g/mol. The standard InChI is InChI=1S/C29H38N4O2S/c1-21-17-30-18-22(2)28(21)29(34)31-13-9-23(3)32-14-10-26(11-15-32)33(19-24-12-16-36-20-24)25-5-7-27(35-4)8-6-25/h5-8,12,16-18,20,23,26H,9-11,13-15,19H2,1-4H3,(H,31,34)/t23-/m1/s1. The molecule has 3 aromatic rings. The van der Waals surface area contributed by atoms with E-state index in [1.807, 2.05) is 13.8 Å². The molecule has 0 saturated carbocycles. The van der Waals surface area contributed by atoms with Crippen molar-refractivity contribution in [1.29, 1.82) is 0 Å². The number of thiophene rings is 1. The van der Waals surface area contributed by atoms with Crippen molar-refractivity contribution in [3.05, 3.63) is 75.7 Å². The summed E-state index contributed by atoms with van der Waals surface area (Å²) in [5, 5.41) is 7.52. The first-order chi connectivity index (χ1) is 17.5. The van der Waals surface area contributed by atoms with Crippen molar-refractivity contribution in [2.24, 2.45) is 0 Å². The van der Waals surface area contributed by atoms with Crippen LogP contribution in [0.4, 0.5) is 5.69 Å². The van der Waals surface area contributed by atoms with Crippen LogP contribution in [0.25, 0.3) is 0 Å². The molecule has 0 radical (unpaired) electrons. The molecule has 192 valence electrons. The first kappa shape index (κ1) is 26.2. The van der Waals surface area contributed by atoms with Gasteiger partial charge in [0.15, 0.2) is 0 Å². The molecule has 1 aromatic carbocycles. The number of pyridine rings is 1. The summed E-state index contributed by atoms with van der Waals surface area (Å²) in [5.41, 5.74) is 5.21. The Morgan fingerprint density at radius 2 is 1.86 bits per heavy atom. The van der Waals surface area contributed by atoms with Crippen molar-refractivity contribution in [2.75, 3.05) is 31.6 Å². The molecule has 1 N–H and O–H groups in total. The van der Waals surface area contributed by atoms with Gasteiger partial charge in [-0.1, -0.05) is 0 Å². The molecule has 36 heavy (non-hydrogen) atoms. The Bertz CT molecular complexity index is 1090. The average molecular weight is 507 g/mol. The van der Waals surface area contributed by atoms with Gasteiger partial charge in [0.1, 0.15) is 5.75 Å². The van der Waals surface area contributed by atoms with E-state index < -0.39 is 0 Å². The molecule has 3 heterocycles. The molecule has 0 aliphatic carbocycles. The lowest BCUT2D eigenvalue weighted by atomic mass is 9.99. The van der Waals surface area contributed by atoms with E-state index in [0.717, 1.165) is 61.3 Å². The predicted molar refractivity (Wildman–Crippen MR) is 148 cm³/mol. The first-order valence-electron chi connectivity index (χ1n) is 12.8. The van der Waals surface area contributed by atoms with E-state index in [1.165, 1.54) is 11.3 Å². The molecule has 6 nitrogen and oxygen atoms in total. The third-order valence-corrected chi connectivity index (χ3v) is 8.03. The Labute approximate surface area is 219 Å². The highest BCUT2D eigenvalue weighted by atomic mass is 32.1. The SMILES string of the molecule is COc1ccc(N(Cc2ccsc2)C2CCN([C@H](C)CCNC(=O)c3c(C)cncc3C)CC2)cc1. The number of likely N-dealkylation sites (tertiary alicyclic amines) is 1. The third-order valence-electron chi connectivity index (χ3n) is 7.30. The summed E-state index contributed by atoms with van der Waals surface area (Å²) in [4.78, 5) is 22.0. The molecule has 4 rings (SSSR count). The number of amides is 1. The second-order valence-corrected chi connectivity index (χ2v) is 10.5. The summed E-state index contributed by atoms with van der Waals surface area (Å²) < 4.78 is 5.37. The van der Waals surface area contributed by atoms with E-state index in [1.54, 1.807) is 30.8 Å². The zero-order valence-corrected chi connectivity index (χ0v) is 22.7. The number of hydrogen-bond acceptors (Lipinski definition) is 6. The number of aromatic nitrogens is 1. The number of aryl methyl sites for hydroxylation is 2. The summed E-state index contributed by atoms with van der Waals surface area (Å²) in [5.74, 6) is 0.890. The minimum absolute atomic E-state index is 0.00173. The van der Waals surface area contributed by atoms with E-state index in [9.17, 15) is 4.79 Å². The number of carbonyl (C=O) groups excluding carboxylic acids is 1. The van der Waals surface area contributed by atoms with Crippen LogP contribution in [-0.2, 0) is 6.54 Å². The smallest absolute Gasteiger partial charge is 0.251 e. The average Bonchev–Trinajstić information content (AvgIpc) is 3.41. The zero-order chi connectivity index (χ0) is 25.5. The number of carbonyl (C=O) groups is 1. The number of piperidine rings is 1. The molecular formula is C29H38N4O2S. The number of methoxy groups -OCH3 is 1. The normalized spacial score (nSPS) is 15.4. The van der Waals surface area contributed by atoms with Gasteiger partial charge in [-0.3, -0.25) is 9.78 Å². The number of nitrogens with zero attached hydrogens (tertiary/aromatic N) is 3. The van der Waals surface area contributed by atoms with Crippen LogP contribution in [0.2, 0.25) is 0 Å². The second kappa shape index (κ2) is 12.4. The van der Waals surface area contributed by atoms with Gasteiger partial charge in [0.25, 0.3) is 5.91 Å². The lowest BCUT2D eigenvalue weighted by Gasteiger charge is -2.42. The Kier molecular flexibility index (Phi) is 8.99. The van der Waals surface area contributed by atoms with Crippen molar-refractivity contribution in [3.8, 4) is 5.75 Å². The quantitative estimate of drug-likeness (QED) is 0.396. The van der Waals surface area contributed by atoms with Gasteiger partial charge in [-0.05, 0) is 97.8 Å². The summed E-state index contributed by atoms with van der Waals surface area (Å²) >= 11 is 1.76. The maximum atomic E-state index is 12.7. The minimum Gasteiger partial charge on any atom is -0.497 e. The fourth-order valence-corrected chi connectivity index (χ4v) is 5.81. The maximum absolute atomic E-state index is 12.7. The van der Waals surface area contributed by atoms with Crippen LogP contribution in [0.3, 0.4) is 0 Å². The summed E-state index contributed by atoms with van der Waals surface area (Å²) in [6, 6.07) is 11.6. The van der Waals surface area contributed by atoms with Crippen LogP contribution >= 0.6 is 11.3 Å². The largest absolute Gasteiger partial charge is 0.497 e. The van der Waals surface area contributed by atoms with Crippen molar-refractivity contribution < 1.29 is 9.53 Å². The van der Waals surface area contributed by atoms with Gasteiger partial charge in [0.2, 0.25) is 0 Å². The fourth-order valence-electron chi connectivity index (χ4n) is 5.15. The van der Waals surface area contributed by atoms with Crippen LogP contribution in [0.1, 0.15) is 53.2 Å². The summed E-state index contributed by atoms with van der Waals surface area (Å²) in [6.45, 7) is 9.90. The fraction of sp³-hybridized carbons (Fsp3) is 0.448. The van der Waals surface area contributed by atoms with Crippen molar-refractivity contribution in [2.45, 2.75) is 58.7 Å². The van der Waals surface area contributed by atoms with Crippen molar-refractivity contribution in [1.82, 2.24) is 15.2 Å². The van der Waals surface area contributed by atoms with Crippen LogP contribution in [0.15, 0.2) is 53.5 Å². The Hall–Kier alpha value is -2.90. The summed E-state index contributed by atoms with van der Waals surface area (Å²) in [6.07, 6.45) is 6.70. The lowest BCUT2D eigenvalue weighted by molar-refractivity contribution is 0.0943. The Balaban J connectivity index is 1.31. The highest BCUT2D eigenvalue weighted by Crippen LogP contribution is 2.29. The van der Waals surface area contributed by atoms with Gasteiger partial charge >= 0.3 is 0 Å². The number of ether oxygens (including phenoxy) is 1. The molecule has 0 unspecified atom stereocenters. The zero-order valence-electron chi connectivity index (χ0n) is 21.9. The number of nitrogens with one attached hydrogen (secondary N) is 1. The van der Waals surface area contributed by atoms with Crippen LogP contribution in [0, 0.1) is 13.8 Å². The summed E-state index contributed by atoms with van der Waals surface area (Å²) in [7, 11) is 1.71. The Morgan fingerprint density at radius 1 is 1.17 bits per heavy atom. The van der Waals surface area contributed by atoms with Gasteiger partial charge in [-0.15, -0.1) is 0 Å². The topological polar surface area (TPSA) is 57.7 Å². The molecule has 1 aliphatic rings.